The maximum absolute atomic E-state index is 11.4. The molecule has 0 saturated heterocycles. The molecule has 0 atom stereocenters. The van der Waals surface area contributed by atoms with Crippen molar-refractivity contribution in [3.63, 3.8) is 0 Å². The third-order valence-corrected chi connectivity index (χ3v) is 2.67. The molecule has 0 bridgehead atoms. The van der Waals surface area contributed by atoms with Gasteiger partial charge in [-0.3, -0.25) is 9.78 Å². The molecule has 112 valence electrons. The van der Waals surface area contributed by atoms with Gasteiger partial charge in [-0.05, 0) is 24.4 Å². The number of hydrogen-bond donors (Lipinski definition) is 2. The first-order valence-electron chi connectivity index (χ1n) is 6.43. The first-order valence-corrected chi connectivity index (χ1v) is 6.83. The van der Waals surface area contributed by atoms with Crippen molar-refractivity contribution < 1.29 is 9.63 Å². The summed E-state index contributed by atoms with van der Waals surface area (Å²) in [6.07, 6.45) is 1.66. The molecule has 1 aromatic heterocycles. The highest BCUT2D eigenvalue weighted by atomic mass is 32.1. The minimum atomic E-state index is -0.468. The molecule has 22 heavy (non-hydrogen) atoms. The quantitative estimate of drug-likeness (QED) is 0.492. The average molecular weight is 314 g/mol. The van der Waals surface area contributed by atoms with E-state index in [1.807, 2.05) is 48.5 Å². The molecule has 0 saturated carbocycles. The summed E-state index contributed by atoms with van der Waals surface area (Å²) in [5.41, 5.74) is 7.21. The highest BCUT2D eigenvalue weighted by Crippen LogP contribution is 2.09. The molecule has 0 spiro atoms. The molecule has 6 nitrogen and oxygen atoms in total. The van der Waals surface area contributed by atoms with Gasteiger partial charge >= 0.3 is 0 Å². The van der Waals surface area contributed by atoms with Crippen LogP contribution in [0, 0.1) is 0 Å². The molecule has 0 fully saturated rings. The van der Waals surface area contributed by atoms with Gasteiger partial charge in [-0.15, -0.1) is 0 Å². The number of nitrogens with two attached hydrogens (primary N) is 1. The minimum absolute atomic E-state index is 0.106. The summed E-state index contributed by atoms with van der Waals surface area (Å²) < 4.78 is 0. The van der Waals surface area contributed by atoms with E-state index in [1.54, 1.807) is 6.20 Å². The van der Waals surface area contributed by atoms with Crippen molar-refractivity contribution in [1.82, 2.24) is 10.3 Å². The first kappa shape index (κ1) is 15.6. The molecule has 1 aromatic carbocycles. The van der Waals surface area contributed by atoms with Gasteiger partial charge in [0.25, 0.3) is 5.91 Å². The SMILES string of the molecule is NC(=S)NC(=O)CO/N=C(/c1ccccc1)c1ccccn1. The van der Waals surface area contributed by atoms with E-state index in [-0.39, 0.29) is 11.7 Å². The second kappa shape index (κ2) is 7.84. The molecule has 3 N–H and O–H groups in total. The van der Waals surface area contributed by atoms with Crippen molar-refractivity contribution in [1.29, 1.82) is 0 Å². The lowest BCUT2D eigenvalue weighted by Gasteiger charge is -2.06. The Morgan fingerprint density at radius 3 is 2.59 bits per heavy atom. The van der Waals surface area contributed by atoms with Crippen LogP contribution < -0.4 is 11.1 Å². The second-order valence-corrected chi connectivity index (χ2v) is 4.65. The lowest BCUT2D eigenvalue weighted by molar-refractivity contribution is -0.124. The van der Waals surface area contributed by atoms with Crippen LogP contribution in [-0.2, 0) is 9.63 Å². The molecule has 0 radical (unpaired) electrons. The van der Waals surface area contributed by atoms with E-state index in [1.165, 1.54) is 0 Å². The Bertz CT molecular complexity index is 633. The number of amides is 1. The van der Waals surface area contributed by atoms with Gasteiger partial charge in [0.1, 0.15) is 5.71 Å². The van der Waals surface area contributed by atoms with Gasteiger partial charge in [0.15, 0.2) is 11.7 Å². The van der Waals surface area contributed by atoms with Gasteiger partial charge in [-0.1, -0.05) is 41.6 Å². The Balaban J connectivity index is 2.17. The third-order valence-electron chi connectivity index (χ3n) is 2.57. The van der Waals surface area contributed by atoms with Gasteiger partial charge in [0, 0.05) is 11.8 Å². The van der Waals surface area contributed by atoms with Crippen molar-refractivity contribution in [3.05, 3.63) is 66.0 Å². The highest BCUT2D eigenvalue weighted by molar-refractivity contribution is 7.80. The molecule has 1 amide bonds. The molecular formula is C15H14N4O2S. The molecule has 0 aliphatic carbocycles. The van der Waals surface area contributed by atoms with Crippen LogP contribution in [0.15, 0.2) is 59.9 Å². The molecule has 1 heterocycles. The van der Waals surface area contributed by atoms with Crippen molar-refractivity contribution in [2.75, 3.05) is 6.61 Å². The minimum Gasteiger partial charge on any atom is -0.385 e. The predicted octanol–water partition coefficient (Wildman–Crippen LogP) is 1.21. The fourth-order valence-corrected chi connectivity index (χ4v) is 1.79. The van der Waals surface area contributed by atoms with Crippen LogP contribution in [0.2, 0.25) is 0 Å². The molecule has 0 aliphatic rings. The number of rotatable bonds is 5. The van der Waals surface area contributed by atoms with Gasteiger partial charge in [-0.25, -0.2) is 0 Å². The number of oxime groups is 1. The number of nitrogens with one attached hydrogen (secondary N) is 1. The molecule has 2 aromatic rings. The standard InChI is InChI=1S/C15H14N4O2S/c16-15(22)18-13(20)10-21-19-14(11-6-2-1-3-7-11)12-8-4-5-9-17-12/h1-9H,10H2,(H3,16,18,20,22)/b19-14-. The summed E-state index contributed by atoms with van der Waals surface area (Å²) in [4.78, 5) is 20.8. The molecular weight excluding hydrogens is 300 g/mol. The van der Waals surface area contributed by atoms with Crippen molar-refractivity contribution >= 4 is 28.9 Å². The normalized spacial score (nSPS) is 10.8. The Hall–Kier alpha value is -2.80. The number of pyridine rings is 1. The van der Waals surface area contributed by atoms with Crippen LogP contribution >= 0.6 is 12.2 Å². The van der Waals surface area contributed by atoms with Crippen LogP contribution in [0.3, 0.4) is 0 Å². The van der Waals surface area contributed by atoms with Gasteiger partial charge in [0.2, 0.25) is 0 Å². The van der Waals surface area contributed by atoms with E-state index >= 15 is 0 Å². The number of benzene rings is 1. The van der Waals surface area contributed by atoms with E-state index in [0.717, 1.165) is 5.56 Å². The summed E-state index contributed by atoms with van der Waals surface area (Å²) in [7, 11) is 0. The van der Waals surface area contributed by atoms with Crippen LogP contribution in [-0.4, -0.2) is 28.3 Å². The number of aromatic nitrogens is 1. The summed E-state index contributed by atoms with van der Waals surface area (Å²) in [5.74, 6) is -0.468. The van der Waals surface area contributed by atoms with Gasteiger partial charge in [0.05, 0.1) is 5.69 Å². The largest absolute Gasteiger partial charge is 0.385 e. The summed E-state index contributed by atoms with van der Waals surface area (Å²) in [5, 5.41) is 6.17. The number of carbonyl (C=O) groups excluding carboxylic acids is 1. The lowest BCUT2D eigenvalue weighted by atomic mass is 10.1. The van der Waals surface area contributed by atoms with Crippen molar-refractivity contribution in [3.8, 4) is 0 Å². The molecule has 7 heteroatoms. The Labute approximate surface area is 133 Å². The summed E-state index contributed by atoms with van der Waals surface area (Å²) in [6.45, 7) is -0.291. The fourth-order valence-electron chi connectivity index (χ4n) is 1.68. The Kier molecular flexibility index (Phi) is 5.56. The molecule has 0 unspecified atom stereocenters. The van der Waals surface area contributed by atoms with E-state index in [9.17, 15) is 4.79 Å². The maximum Gasteiger partial charge on any atom is 0.266 e. The van der Waals surface area contributed by atoms with Crippen LogP contribution in [0.4, 0.5) is 0 Å². The first-order chi connectivity index (χ1) is 10.7. The predicted molar refractivity (Wildman–Crippen MR) is 87.2 cm³/mol. The summed E-state index contributed by atoms with van der Waals surface area (Å²) >= 11 is 4.57. The van der Waals surface area contributed by atoms with E-state index < -0.39 is 5.91 Å². The van der Waals surface area contributed by atoms with Crippen LogP contribution in [0.1, 0.15) is 11.3 Å². The zero-order chi connectivity index (χ0) is 15.8. The number of carbonyl (C=O) groups is 1. The van der Waals surface area contributed by atoms with Gasteiger partial charge < -0.3 is 15.9 Å². The maximum atomic E-state index is 11.4. The number of nitrogens with zero attached hydrogens (tertiary/aromatic N) is 2. The van der Waals surface area contributed by atoms with E-state index in [4.69, 9.17) is 10.6 Å². The van der Waals surface area contributed by atoms with Gasteiger partial charge in [-0.2, -0.15) is 0 Å². The topological polar surface area (TPSA) is 89.6 Å². The van der Waals surface area contributed by atoms with E-state index in [2.05, 4.69) is 27.7 Å². The van der Waals surface area contributed by atoms with Crippen LogP contribution in [0.25, 0.3) is 0 Å². The monoisotopic (exact) mass is 314 g/mol. The highest BCUT2D eigenvalue weighted by Gasteiger charge is 2.09. The van der Waals surface area contributed by atoms with Crippen LogP contribution in [0.5, 0.6) is 0 Å². The molecule has 2 rings (SSSR count). The Morgan fingerprint density at radius 1 is 1.23 bits per heavy atom. The third kappa shape index (κ3) is 4.64. The van der Waals surface area contributed by atoms with Crippen molar-refractivity contribution in [2.45, 2.75) is 0 Å². The smallest absolute Gasteiger partial charge is 0.266 e. The second-order valence-electron chi connectivity index (χ2n) is 4.21. The van der Waals surface area contributed by atoms with Crippen molar-refractivity contribution in [2.24, 2.45) is 10.9 Å². The number of hydrogen-bond acceptors (Lipinski definition) is 5. The average Bonchev–Trinajstić information content (AvgIpc) is 2.52. The summed E-state index contributed by atoms with van der Waals surface area (Å²) in [6, 6.07) is 14.9. The zero-order valence-electron chi connectivity index (χ0n) is 11.6. The fraction of sp³-hybridized carbons (Fsp3) is 0.0667. The lowest BCUT2D eigenvalue weighted by Crippen LogP contribution is -2.36. The Morgan fingerprint density at radius 2 is 1.95 bits per heavy atom. The number of thiocarbonyl (C=S) groups is 1. The zero-order valence-corrected chi connectivity index (χ0v) is 12.4. The molecule has 0 aliphatic heterocycles. The van der Waals surface area contributed by atoms with E-state index in [0.29, 0.717) is 11.4 Å².